The second kappa shape index (κ2) is 15.3. The van der Waals surface area contributed by atoms with Crippen LogP contribution in [-0.2, 0) is 36.8 Å². The lowest BCUT2D eigenvalue weighted by Crippen LogP contribution is -2.60. The van der Waals surface area contributed by atoms with Crippen LogP contribution in [0, 0.1) is 13.8 Å². The molecule has 4 atom stereocenters. The van der Waals surface area contributed by atoms with Crippen LogP contribution in [0.15, 0.2) is 42.5 Å². The zero-order valence-corrected chi connectivity index (χ0v) is 26.6. The largest absolute Gasteiger partial charge is 0.508 e. The molecule has 3 rings (SSSR count). The summed E-state index contributed by atoms with van der Waals surface area (Å²) in [5, 5.41) is 30.0. The number of aromatic hydroxyl groups is 1. The van der Waals surface area contributed by atoms with E-state index >= 15 is 0 Å². The first-order valence-electron chi connectivity index (χ1n) is 14.0. The number of nitrogens with two attached hydrogens (primary N) is 1. The third kappa shape index (κ3) is 9.63. The van der Waals surface area contributed by atoms with Crippen molar-refractivity contribution in [1.82, 2.24) is 21.3 Å². The van der Waals surface area contributed by atoms with Gasteiger partial charge in [0.1, 0.15) is 23.9 Å². The van der Waals surface area contributed by atoms with Crippen molar-refractivity contribution < 1.29 is 34.2 Å². The molecule has 8 N–H and O–H groups in total. The number of hydrogen-bond acceptors (Lipinski definition) is 9. The Morgan fingerprint density at radius 2 is 1.70 bits per heavy atom. The van der Waals surface area contributed by atoms with Crippen molar-refractivity contribution in [3.63, 3.8) is 0 Å². The van der Waals surface area contributed by atoms with Crippen molar-refractivity contribution in [2.75, 3.05) is 12.3 Å². The number of amides is 4. The summed E-state index contributed by atoms with van der Waals surface area (Å²) in [6, 6.07) is 7.52. The molecule has 14 heteroatoms. The second-order valence-corrected chi connectivity index (χ2v) is 14.2. The van der Waals surface area contributed by atoms with Crippen molar-refractivity contribution in [3.05, 3.63) is 64.7 Å². The molecule has 1 aliphatic heterocycles. The van der Waals surface area contributed by atoms with E-state index in [4.69, 9.17) is 5.73 Å². The average molecular weight is 646 g/mol. The van der Waals surface area contributed by atoms with Gasteiger partial charge in [0.15, 0.2) is 0 Å². The van der Waals surface area contributed by atoms with Gasteiger partial charge in [-0.2, -0.15) is 0 Å². The Labute approximate surface area is 264 Å². The fourth-order valence-electron chi connectivity index (χ4n) is 4.73. The van der Waals surface area contributed by atoms with E-state index in [1.165, 1.54) is 10.8 Å². The molecule has 0 radical (unpaired) electrons. The fourth-order valence-corrected chi connectivity index (χ4v) is 7.54. The molecule has 0 aliphatic carbocycles. The molecular formula is C30H39N5O7S2. The predicted octanol–water partition coefficient (Wildman–Crippen LogP) is 0.950. The molecule has 4 amide bonds. The van der Waals surface area contributed by atoms with Crippen LogP contribution < -0.4 is 27.0 Å². The first kappa shape index (κ1) is 34.7. The van der Waals surface area contributed by atoms with E-state index in [-0.39, 0.29) is 24.3 Å². The minimum atomic E-state index is -1.28. The minimum absolute atomic E-state index is 0.0532. The first-order valence-corrected chi connectivity index (χ1v) is 16.3. The van der Waals surface area contributed by atoms with E-state index in [0.717, 1.165) is 33.0 Å². The average Bonchev–Trinajstić information content (AvgIpc) is 2.95. The molecule has 0 spiro atoms. The van der Waals surface area contributed by atoms with Crippen LogP contribution in [0.1, 0.15) is 36.1 Å². The summed E-state index contributed by atoms with van der Waals surface area (Å²) in [5.41, 5.74) is 9.34. The number of carbonyl (C=O) groups is 5. The number of carboxylic acids is 1. The molecule has 238 valence electrons. The molecule has 1 heterocycles. The van der Waals surface area contributed by atoms with E-state index in [1.54, 1.807) is 70.2 Å². The van der Waals surface area contributed by atoms with Gasteiger partial charge in [-0.25, -0.2) is 4.79 Å². The van der Waals surface area contributed by atoms with Crippen molar-refractivity contribution >= 4 is 51.2 Å². The Morgan fingerprint density at radius 1 is 1.07 bits per heavy atom. The van der Waals surface area contributed by atoms with Gasteiger partial charge in [-0.3, -0.25) is 19.2 Å². The van der Waals surface area contributed by atoms with Crippen LogP contribution in [0.4, 0.5) is 0 Å². The molecule has 1 aliphatic rings. The minimum Gasteiger partial charge on any atom is -0.508 e. The molecule has 0 bridgehead atoms. The van der Waals surface area contributed by atoms with E-state index in [1.807, 2.05) is 0 Å². The molecule has 1 fully saturated rings. The highest BCUT2D eigenvalue weighted by atomic mass is 33.1. The van der Waals surface area contributed by atoms with Gasteiger partial charge in [-0.1, -0.05) is 51.9 Å². The van der Waals surface area contributed by atoms with Crippen molar-refractivity contribution in [2.24, 2.45) is 5.73 Å². The van der Waals surface area contributed by atoms with Crippen LogP contribution in [0.5, 0.6) is 5.75 Å². The third-order valence-electron chi connectivity index (χ3n) is 7.17. The Bertz CT molecular complexity index is 1370. The Balaban J connectivity index is 1.82. The smallest absolute Gasteiger partial charge is 0.327 e. The summed E-state index contributed by atoms with van der Waals surface area (Å²) >= 11 is 0. The fraction of sp³-hybridized carbons (Fsp3) is 0.433. The number of carboxylic acid groups (broad SMARTS) is 1. The monoisotopic (exact) mass is 645 g/mol. The predicted molar refractivity (Wildman–Crippen MR) is 170 cm³/mol. The summed E-state index contributed by atoms with van der Waals surface area (Å²) in [5.74, 6) is -3.78. The maximum Gasteiger partial charge on any atom is 0.327 e. The van der Waals surface area contributed by atoms with Gasteiger partial charge in [-0.05, 0) is 68.5 Å². The number of phenolic OH excluding ortho intramolecular Hbond substituents is 1. The zero-order valence-electron chi connectivity index (χ0n) is 25.0. The summed E-state index contributed by atoms with van der Waals surface area (Å²) in [4.78, 5) is 64.7. The number of rotatable bonds is 7. The van der Waals surface area contributed by atoms with Gasteiger partial charge >= 0.3 is 5.97 Å². The van der Waals surface area contributed by atoms with Gasteiger partial charge in [-0.15, -0.1) is 0 Å². The van der Waals surface area contributed by atoms with Crippen molar-refractivity contribution in [1.29, 1.82) is 0 Å². The lowest BCUT2D eigenvalue weighted by molar-refractivity contribution is -0.141. The first-order chi connectivity index (χ1) is 20.7. The van der Waals surface area contributed by atoms with Crippen molar-refractivity contribution in [3.8, 4) is 5.75 Å². The number of nitrogens with one attached hydrogen (secondary N) is 4. The highest BCUT2D eigenvalue weighted by molar-refractivity contribution is 8.77. The number of benzene rings is 2. The Hall–Kier alpha value is -3.75. The third-order valence-corrected chi connectivity index (χ3v) is 10.5. The molecular weight excluding hydrogens is 606 g/mol. The normalized spacial score (nSPS) is 22.0. The van der Waals surface area contributed by atoms with Crippen LogP contribution >= 0.6 is 21.6 Å². The van der Waals surface area contributed by atoms with E-state index in [2.05, 4.69) is 21.3 Å². The molecule has 12 nitrogen and oxygen atoms in total. The summed E-state index contributed by atoms with van der Waals surface area (Å²) in [7, 11) is 2.29. The van der Waals surface area contributed by atoms with Crippen LogP contribution in [-0.4, -0.2) is 81.0 Å². The molecule has 1 saturated heterocycles. The van der Waals surface area contributed by atoms with Gasteiger partial charge in [0, 0.05) is 16.9 Å². The van der Waals surface area contributed by atoms with Gasteiger partial charge < -0.3 is 37.2 Å². The molecule has 4 unspecified atom stereocenters. The number of hydrogen-bond donors (Lipinski definition) is 7. The highest BCUT2D eigenvalue weighted by Crippen LogP contribution is 2.38. The molecule has 2 aromatic rings. The molecule has 44 heavy (non-hydrogen) atoms. The maximum atomic E-state index is 13.4. The van der Waals surface area contributed by atoms with E-state index < -0.39 is 65.1 Å². The molecule has 0 aromatic heterocycles. The maximum absolute atomic E-state index is 13.4. The Morgan fingerprint density at radius 3 is 2.32 bits per heavy atom. The zero-order chi connectivity index (χ0) is 32.6. The number of aryl methyl sites for hydroxylation is 2. The number of aliphatic carboxylic acids is 1. The molecule has 2 aromatic carbocycles. The number of carbonyl (C=O) groups excluding carboxylic acids is 4. The lowest BCUT2D eigenvalue weighted by Gasteiger charge is -2.34. The van der Waals surface area contributed by atoms with Gasteiger partial charge in [0.05, 0.1) is 12.6 Å². The molecule has 0 saturated carbocycles. The van der Waals surface area contributed by atoms with E-state index in [0.29, 0.717) is 0 Å². The van der Waals surface area contributed by atoms with Gasteiger partial charge in [0.25, 0.3) is 0 Å². The topological polar surface area (TPSA) is 200 Å². The number of phenols is 1. The van der Waals surface area contributed by atoms with Gasteiger partial charge in [0.2, 0.25) is 23.6 Å². The van der Waals surface area contributed by atoms with Crippen LogP contribution in [0.25, 0.3) is 0 Å². The summed E-state index contributed by atoms with van der Waals surface area (Å²) in [6.45, 7) is 6.52. The second-order valence-electron chi connectivity index (χ2n) is 11.2. The van der Waals surface area contributed by atoms with Crippen LogP contribution in [0.3, 0.4) is 0 Å². The van der Waals surface area contributed by atoms with Crippen LogP contribution in [0.2, 0.25) is 0 Å². The summed E-state index contributed by atoms with van der Waals surface area (Å²) in [6.07, 6.45) is 0.260. The van der Waals surface area contributed by atoms with Crippen molar-refractivity contribution in [2.45, 2.75) is 69.5 Å². The Kier molecular flexibility index (Phi) is 12.1. The lowest BCUT2D eigenvalue weighted by atomic mass is 9.95. The quantitative estimate of drug-likeness (QED) is 0.213. The SMILES string of the molecule is Cc1cc(O)cc(C)c1CC(N)C(=O)NC1C(=O)NCC(=O)NC(Cc2ccccc2)C(=O)NC(C(=O)O)CSSC1(C)C. The standard InChI is InChI=1S/C30H39N5O7S2/c1-16-10-19(36)11-17(2)20(16)13-21(31)26(38)35-25-28(40)32-14-24(37)33-22(12-18-8-6-5-7-9-18)27(39)34-23(29(41)42)15-43-44-30(25,3)4/h5-11,21-23,25,36H,12-15,31H2,1-4H3,(H,32,40)(H,33,37)(H,34,39)(H,35,38)(H,41,42). The summed E-state index contributed by atoms with van der Waals surface area (Å²) < 4.78 is -1.00. The van der Waals surface area contributed by atoms with E-state index in [9.17, 15) is 34.2 Å². The highest BCUT2D eigenvalue weighted by Gasteiger charge is 2.39.